The number of halogens is 1. The molecule has 0 aliphatic carbocycles. The fraction of sp³-hybridized carbons (Fsp3) is 0.364. The molecular weight excluding hydrogens is 304 g/mol. The summed E-state index contributed by atoms with van der Waals surface area (Å²) in [5.41, 5.74) is 0.470. The first-order valence-corrected chi connectivity index (χ1v) is 8.03. The van der Waals surface area contributed by atoms with Crippen LogP contribution in [0.5, 0.6) is 5.75 Å². The number of thioether (sulfide) groups is 1. The first-order chi connectivity index (χ1) is 9.15. The second-order valence-electron chi connectivity index (χ2n) is 3.65. The van der Waals surface area contributed by atoms with Gasteiger partial charge in [-0.2, -0.15) is 9.51 Å². The smallest absolute Gasteiger partial charge is 0.212 e. The minimum absolute atomic E-state index is 0.0408. The first-order valence-electron chi connectivity index (χ1n) is 5.59. The van der Waals surface area contributed by atoms with E-state index in [1.807, 2.05) is 6.26 Å². The van der Waals surface area contributed by atoms with E-state index in [2.05, 4.69) is 26.4 Å². The molecule has 0 radical (unpaired) electrons. The predicted molar refractivity (Wildman–Crippen MR) is 82.3 cm³/mol. The van der Waals surface area contributed by atoms with Gasteiger partial charge in [-0.25, -0.2) is 0 Å². The number of aromatic hydroxyl groups is 1. The van der Waals surface area contributed by atoms with Gasteiger partial charge >= 0.3 is 0 Å². The molecule has 1 aromatic carbocycles. The number of amidine groups is 1. The fourth-order valence-electron chi connectivity index (χ4n) is 1.50. The Bertz CT molecular complexity index is 523. The third kappa shape index (κ3) is 3.34. The third-order valence-electron chi connectivity index (χ3n) is 2.46. The van der Waals surface area contributed by atoms with Gasteiger partial charge in [-0.15, -0.1) is 5.11 Å². The van der Waals surface area contributed by atoms with E-state index < -0.39 is 0 Å². The van der Waals surface area contributed by atoms with Gasteiger partial charge in [-0.3, -0.25) is 0 Å². The molecule has 1 heterocycles. The lowest BCUT2D eigenvalue weighted by atomic mass is 10.3. The van der Waals surface area contributed by atoms with E-state index in [0.717, 1.165) is 11.7 Å². The van der Waals surface area contributed by atoms with Crippen LogP contribution in [0.15, 0.2) is 32.8 Å². The van der Waals surface area contributed by atoms with Crippen LogP contribution in [-0.4, -0.2) is 33.5 Å². The van der Waals surface area contributed by atoms with Crippen LogP contribution < -0.4 is 0 Å². The van der Waals surface area contributed by atoms with Crippen molar-refractivity contribution in [2.24, 2.45) is 14.6 Å². The van der Waals surface area contributed by atoms with Crippen molar-refractivity contribution >= 4 is 46.2 Å². The highest BCUT2D eigenvalue weighted by Crippen LogP contribution is 2.32. The summed E-state index contributed by atoms with van der Waals surface area (Å²) in [4.78, 5) is 2.07. The Labute approximate surface area is 125 Å². The molecule has 1 aliphatic rings. The molecule has 8 heteroatoms. The van der Waals surface area contributed by atoms with Crippen molar-refractivity contribution in [2.75, 3.05) is 12.8 Å². The fourth-order valence-corrected chi connectivity index (χ4v) is 3.37. The standard InChI is InChI=1S/C11H13ClN4OS2/c1-3-16-10(19-15-11(16)18-2)14-13-7-4-5-9(17)8(12)6-7/h4-6,10,17H,3H2,1-2H3. The molecule has 102 valence electrons. The van der Waals surface area contributed by atoms with Gasteiger partial charge in [-0.05, 0) is 31.4 Å². The maximum atomic E-state index is 9.33. The molecule has 19 heavy (non-hydrogen) atoms. The highest BCUT2D eigenvalue weighted by Gasteiger charge is 2.26. The Morgan fingerprint density at radius 3 is 3.00 bits per heavy atom. The van der Waals surface area contributed by atoms with Gasteiger partial charge in [0.1, 0.15) is 5.75 Å². The second-order valence-corrected chi connectivity index (χ2v) is 5.64. The van der Waals surface area contributed by atoms with Crippen molar-refractivity contribution in [3.63, 3.8) is 0 Å². The Hall–Kier alpha value is -0.920. The van der Waals surface area contributed by atoms with Crippen molar-refractivity contribution in [2.45, 2.75) is 12.4 Å². The number of azo groups is 1. The quantitative estimate of drug-likeness (QED) is 0.673. The van der Waals surface area contributed by atoms with Gasteiger partial charge in [0.2, 0.25) is 5.50 Å². The van der Waals surface area contributed by atoms with Gasteiger partial charge in [0.25, 0.3) is 0 Å². The first kappa shape index (κ1) is 14.5. The summed E-state index contributed by atoms with van der Waals surface area (Å²) in [6, 6.07) is 4.74. The Balaban J connectivity index is 2.09. The summed E-state index contributed by atoms with van der Waals surface area (Å²) in [5, 5.41) is 19.0. The Kier molecular flexibility index (Phi) is 4.95. The predicted octanol–water partition coefficient (Wildman–Crippen LogP) is 4.12. The summed E-state index contributed by atoms with van der Waals surface area (Å²) in [7, 11) is 0. The number of phenolic OH excluding ortho intramolecular Hbond substituents is 1. The summed E-state index contributed by atoms with van der Waals surface area (Å²) in [6.45, 7) is 2.88. The van der Waals surface area contributed by atoms with Crippen LogP contribution in [-0.2, 0) is 0 Å². The molecule has 5 nitrogen and oxygen atoms in total. The molecular formula is C11H13ClN4OS2. The highest BCUT2D eigenvalue weighted by atomic mass is 35.5. The minimum atomic E-state index is -0.139. The molecule has 0 amide bonds. The van der Waals surface area contributed by atoms with E-state index in [1.54, 1.807) is 23.9 Å². The molecule has 0 fully saturated rings. The minimum Gasteiger partial charge on any atom is -0.506 e. The zero-order valence-corrected chi connectivity index (χ0v) is 12.8. The lowest BCUT2D eigenvalue weighted by molar-refractivity contribution is 0.432. The topological polar surface area (TPSA) is 60.5 Å². The Morgan fingerprint density at radius 2 is 2.37 bits per heavy atom. The summed E-state index contributed by atoms with van der Waals surface area (Å²) < 4.78 is 4.33. The van der Waals surface area contributed by atoms with E-state index >= 15 is 0 Å². The molecule has 1 aliphatic heterocycles. The molecule has 1 unspecified atom stereocenters. The van der Waals surface area contributed by atoms with Crippen LogP contribution in [0, 0.1) is 0 Å². The van der Waals surface area contributed by atoms with Gasteiger partial charge < -0.3 is 10.0 Å². The molecule has 1 N–H and O–H groups in total. The molecule has 0 saturated heterocycles. The van der Waals surface area contributed by atoms with Crippen LogP contribution in [0.4, 0.5) is 5.69 Å². The molecule has 0 bridgehead atoms. The van der Waals surface area contributed by atoms with Crippen LogP contribution in [0.1, 0.15) is 6.92 Å². The average Bonchev–Trinajstić information content (AvgIpc) is 2.82. The van der Waals surface area contributed by atoms with Crippen LogP contribution in [0.2, 0.25) is 5.02 Å². The monoisotopic (exact) mass is 316 g/mol. The largest absolute Gasteiger partial charge is 0.506 e. The SMILES string of the molecule is CCN1C(SC)=NSC1N=Nc1ccc(O)c(Cl)c1. The number of phenols is 1. The van der Waals surface area contributed by atoms with Crippen molar-refractivity contribution in [3.8, 4) is 5.75 Å². The molecule has 0 aromatic heterocycles. The molecule has 2 rings (SSSR count). The summed E-state index contributed by atoms with van der Waals surface area (Å²) in [5.74, 6) is 0.0408. The van der Waals surface area contributed by atoms with Gasteiger partial charge in [0.05, 0.1) is 10.7 Å². The molecule has 0 spiro atoms. The zero-order valence-electron chi connectivity index (χ0n) is 10.4. The van der Waals surface area contributed by atoms with Gasteiger partial charge in [0.15, 0.2) is 5.17 Å². The van der Waals surface area contributed by atoms with Gasteiger partial charge in [0, 0.05) is 18.5 Å². The number of rotatable bonds is 3. The highest BCUT2D eigenvalue weighted by molar-refractivity contribution is 8.14. The van der Waals surface area contributed by atoms with E-state index in [1.165, 1.54) is 18.0 Å². The lowest BCUT2D eigenvalue weighted by Crippen LogP contribution is -2.30. The van der Waals surface area contributed by atoms with Crippen LogP contribution >= 0.6 is 35.3 Å². The Morgan fingerprint density at radius 1 is 1.58 bits per heavy atom. The van der Waals surface area contributed by atoms with Crippen molar-refractivity contribution < 1.29 is 5.11 Å². The lowest BCUT2D eigenvalue weighted by Gasteiger charge is -2.19. The second kappa shape index (κ2) is 6.49. The van der Waals surface area contributed by atoms with Crippen molar-refractivity contribution in [1.29, 1.82) is 0 Å². The number of hydrogen-bond acceptors (Lipinski definition) is 7. The molecule has 1 atom stereocenters. The van der Waals surface area contributed by atoms with Crippen molar-refractivity contribution in [3.05, 3.63) is 23.2 Å². The third-order valence-corrected chi connectivity index (χ3v) is 4.39. The van der Waals surface area contributed by atoms with Crippen molar-refractivity contribution in [1.82, 2.24) is 4.90 Å². The zero-order chi connectivity index (χ0) is 13.8. The van der Waals surface area contributed by atoms with E-state index in [0.29, 0.717) is 5.69 Å². The van der Waals surface area contributed by atoms with Gasteiger partial charge in [-0.1, -0.05) is 23.4 Å². The van der Waals surface area contributed by atoms with E-state index in [4.69, 9.17) is 11.6 Å². The number of benzene rings is 1. The van der Waals surface area contributed by atoms with E-state index in [9.17, 15) is 5.11 Å². The average molecular weight is 317 g/mol. The number of hydrogen-bond donors (Lipinski definition) is 1. The summed E-state index contributed by atoms with van der Waals surface area (Å²) >= 11 is 8.80. The maximum Gasteiger partial charge on any atom is 0.212 e. The van der Waals surface area contributed by atoms with Crippen LogP contribution in [0.3, 0.4) is 0 Å². The number of nitrogens with zero attached hydrogens (tertiary/aromatic N) is 4. The summed E-state index contributed by atoms with van der Waals surface area (Å²) in [6.07, 6.45) is 1.99. The maximum absolute atomic E-state index is 9.33. The van der Waals surface area contributed by atoms with Crippen LogP contribution in [0.25, 0.3) is 0 Å². The van der Waals surface area contributed by atoms with E-state index in [-0.39, 0.29) is 16.3 Å². The molecule has 0 saturated carbocycles. The molecule has 1 aromatic rings. The normalized spacial score (nSPS) is 19.2.